The summed E-state index contributed by atoms with van der Waals surface area (Å²) in [6, 6.07) is 20.0. The van der Waals surface area contributed by atoms with Crippen LogP contribution < -0.4 is 10.6 Å². The molecule has 3 heteroatoms. The molecule has 1 aliphatic rings. The zero-order valence-corrected chi connectivity index (χ0v) is 14.1. The van der Waals surface area contributed by atoms with E-state index in [2.05, 4.69) is 10.6 Å². The van der Waals surface area contributed by atoms with Gasteiger partial charge in [0.05, 0.1) is 0 Å². The standard InChI is InChI=1S/C21H26N2O/c24-21(22-16-17-10-4-1-5-11-17)20(18-12-6-2-7-13-18)23-19-14-8-3-9-15-19/h1,3-5,8-11,14-15,18,20,23H,2,6-7,12-13,16H2,(H,22,24). The van der Waals surface area contributed by atoms with Crippen molar-refractivity contribution in [2.75, 3.05) is 5.32 Å². The molecule has 1 fully saturated rings. The van der Waals surface area contributed by atoms with Gasteiger partial charge in [0.2, 0.25) is 5.91 Å². The van der Waals surface area contributed by atoms with Crippen LogP contribution in [0.15, 0.2) is 60.7 Å². The molecule has 0 spiro atoms. The van der Waals surface area contributed by atoms with Crippen LogP contribution in [0, 0.1) is 5.92 Å². The van der Waals surface area contributed by atoms with E-state index >= 15 is 0 Å². The quantitative estimate of drug-likeness (QED) is 0.829. The van der Waals surface area contributed by atoms with Gasteiger partial charge in [0, 0.05) is 12.2 Å². The first kappa shape index (κ1) is 16.6. The van der Waals surface area contributed by atoms with Gasteiger partial charge in [0.25, 0.3) is 0 Å². The highest BCUT2D eigenvalue weighted by atomic mass is 16.2. The zero-order valence-electron chi connectivity index (χ0n) is 14.1. The van der Waals surface area contributed by atoms with E-state index < -0.39 is 0 Å². The van der Waals surface area contributed by atoms with Crippen molar-refractivity contribution in [3.63, 3.8) is 0 Å². The second kappa shape index (κ2) is 8.53. The molecule has 1 saturated carbocycles. The number of para-hydroxylation sites is 1. The van der Waals surface area contributed by atoms with E-state index in [1.807, 2.05) is 60.7 Å². The van der Waals surface area contributed by atoms with Gasteiger partial charge in [-0.05, 0) is 36.5 Å². The average molecular weight is 322 g/mol. The van der Waals surface area contributed by atoms with Crippen LogP contribution in [0.5, 0.6) is 0 Å². The van der Waals surface area contributed by atoms with Crippen LogP contribution in [-0.4, -0.2) is 11.9 Å². The number of hydrogen-bond acceptors (Lipinski definition) is 2. The predicted octanol–water partition coefficient (Wildman–Crippen LogP) is 4.36. The Morgan fingerprint density at radius 2 is 1.54 bits per heavy atom. The number of amides is 1. The van der Waals surface area contributed by atoms with Crippen LogP contribution in [-0.2, 0) is 11.3 Å². The van der Waals surface area contributed by atoms with E-state index in [-0.39, 0.29) is 11.9 Å². The van der Waals surface area contributed by atoms with Gasteiger partial charge in [-0.2, -0.15) is 0 Å². The highest BCUT2D eigenvalue weighted by Gasteiger charge is 2.29. The molecule has 1 atom stereocenters. The molecular weight excluding hydrogens is 296 g/mol. The molecule has 0 bridgehead atoms. The lowest BCUT2D eigenvalue weighted by atomic mass is 9.83. The Morgan fingerprint density at radius 1 is 0.917 bits per heavy atom. The van der Waals surface area contributed by atoms with Gasteiger partial charge in [0.15, 0.2) is 0 Å². The lowest BCUT2D eigenvalue weighted by molar-refractivity contribution is -0.123. The zero-order chi connectivity index (χ0) is 16.6. The highest BCUT2D eigenvalue weighted by molar-refractivity contribution is 5.85. The molecule has 0 radical (unpaired) electrons. The van der Waals surface area contributed by atoms with Gasteiger partial charge >= 0.3 is 0 Å². The second-order valence-electron chi connectivity index (χ2n) is 6.59. The largest absolute Gasteiger partial charge is 0.373 e. The molecule has 0 aromatic heterocycles. The number of anilines is 1. The van der Waals surface area contributed by atoms with Crippen LogP contribution in [0.3, 0.4) is 0 Å². The first-order valence-corrected chi connectivity index (χ1v) is 8.96. The highest BCUT2D eigenvalue weighted by Crippen LogP contribution is 2.28. The molecule has 3 nitrogen and oxygen atoms in total. The summed E-state index contributed by atoms with van der Waals surface area (Å²) >= 11 is 0. The Balaban J connectivity index is 1.67. The van der Waals surface area contributed by atoms with Crippen molar-refractivity contribution >= 4 is 11.6 Å². The molecule has 24 heavy (non-hydrogen) atoms. The average Bonchev–Trinajstić information content (AvgIpc) is 2.66. The van der Waals surface area contributed by atoms with E-state index in [4.69, 9.17) is 0 Å². The van der Waals surface area contributed by atoms with Crippen LogP contribution in [0.1, 0.15) is 37.7 Å². The first-order valence-electron chi connectivity index (χ1n) is 8.96. The fraction of sp³-hybridized carbons (Fsp3) is 0.381. The topological polar surface area (TPSA) is 41.1 Å². The van der Waals surface area contributed by atoms with E-state index in [1.54, 1.807) is 0 Å². The van der Waals surface area contributed by atoms with Crippen molar-refractivity contribution in [1.82, 2.24) is 5.32 Å². The monoisotopic (exact) mass is 322 g/mol. The fourth-order valence-electron chi connectivity index (χ4n) is 3.47. The van der Waals surface area contributed by atoms with Crippen molar-refractivity contribution in [2.45, 2.75) is 44.7 Å². The Labute approximate surface area is 144 Å². The van der Waals surface area contributed by atoms with Crippen molar-refractivity contribution < 1.29 is 4.79 Å². The predicted molar refractivity (Wildman–Crippen MR) is 98.7 cm³/mol. The molecule has 3 rings (SSSR count). The number of carbonyl (C=O) groups excluding carboxylic acids is 1. The van der Waals surface area contributed by atoms with Crippen LogP contribution in [0.25, 0.3) is 0 Å². The van der Waals surface area contributed by atoms with Crippen molar-refractivity contribution in [3.05, 3.63) is 66.2 Å². The Hall–Kier alpha value is -2.29. The third kappa shape index (κ3) is 4.60. The Morgan fingerprint density at radius 3 is 2.21 bits per heavy atom. The maximum atomic E-state index is 12.8. The fourth-order valence-corrected chi connectivity index (χ4v) is 3.47. The summed E-state index contributed by atoms with van der Waals surface area (Å²) in [5.74, 6) is 0.518. The van der Waals surface area contributed by atoms with E-state index in [9.17, 15) is 4.79 Å². The second-order valence-corrected chi connectivity index (χ2v) is 6.59. The van der Waals surface area contributed by atoms with Gasteiger partial charge in [-0.15, -0.1) is 0 Å². The summed E-state index contributed by atoms with van der Waals surface area (Å²) in [6.07, 6.45) is 6.00. The third-order valence-corrected chi connectivity index (χ3v) is 4.81. The minimum Gasteiger partial charge on any atom is -0.373 e. The molecule has 2 N–H and O–H groups in total. The summed E-state index contributed by atoms with van der Waals surface area (Å²) in [4.78, 5) is 12.8. The number of benzene rings is 2. The number of nitrogens with one attached hydrogen (secondary N) is 2. The summed E-state index contributed by atoms with van der Waals surface area (Å²) in [5.41, 5.74) is 2.15. The lowest BCUT2D eigenvalue weighted by Crippen LogP contribution is -2.44. The summed E-state index contributed by atoms with van der Waals surface area (Å²) in [6.45, 7) is 0.583. The van der Waals surface area contributed by atoms with Gasteiger partial charge in [-0.25, -0.2) is 0 Å². The SMILES string of the molecule is O=C(NCc1ccccc1)C(Nc1ccccc1)C1CCCCC1. The first-order chi connectivity index (χ1) is 11.8. The molecule has 2 aromatic rings. The molecule has 1 unspecified atom stereocenters. The molecule has 0 heterocycles. The number of rotatable bonds is 6. The molecular formula is C21H26N2O. The van der Waals surface area contributed by atoms with Gasteiger partial charge in [-0.1, -0.05) is 67.8 Å². The molecule has 1 amide bonds. The van der Waals surface area contributed by atoms with Gasteiger partial charge in [0.1, 0.15) is 6.04 Å². The molecule has 0 aliphatic heterocycles. The maximum Gasteiger partial charge on any atom is 0.243 e. The molecule has 126 valence electrons. The normalized spacial score (nSPS) is 16.3. The minimum absolute atomic E-state index is 0.106. The van der Waals surface area contributed by atoms with Crippen LogP contribution in [0.2, 0.25) is 0 Å². The number of hydrogen-bond donors (Lipinski definition) is 2. The van der Waals surface area contributed by atoms with Crippen LogP contribution in [0.4, 0.5) is 5.69 Å². The van der Waals surface area contributed by atoms with Gasteiger partial charge in [-0.3, -0.25) is 4.79 Å². The molecule has 2 aromatic carbocycles. The van der Waals surface area contributed by atoms with E-state index in [0.29, 0.717) is 12.5 Å². The maximum absolute atomic E-state index is 12.8. The summed E-state index contributed by atoms with van der Waals surface area (Å²) < 4.78 is 0. The van der Waals surface area contributed by atoms with Crippen molar-refractivity contribution in [1.29, 1.82) is 0 Å². The molecule has 1 aliphatic carbocycles. The van der Waals surface area contributed by atoms with Crippen molar-refractivity contribution in [2.24, 2.45) is 5.92 Å². The van der Waals surface area contributed by atoms with E-state index in [1.165, 1.54) is 19.3 Å². The minimum atomic E-state index is -0.156. The smallest absolute Gasteiger partial charge is 0.243 e. The summed E-state index contributed by atoms with van der Waals surface area (Å²) in [5, 5.41) is 6.59. The molecule has 0 saturated heterocycles. The Bertz CT molecular complexity index is 621. The van der Waals surface area contributed by atoms with Gasteiger partial charge < -0.3 is 10.6 Å². The Kier molecular flexibility index (Phi) is 5.89. The van der Waals surface area contributed by atoms with E-state index in [0.717, 1.165) is 24.1 Å². The summed E-state index contributed by atoms with van der Waals surface area (Å²) in [7, 11) is 0. The third-order valence-electron chi connectivity index (χ3n) is 4.81. The number of carbonyl (C=O) groups is 1. The van der Waals surface area contributed by atoms with Crippen LogP contribution >= 0.6 is 0 Å². The lowest BCUT2D eigenvalue weighted by Gasteiger charge is -2.30. The van der Waals surface area contributed by atoms with Crippen molar-refractivity contribution in [3.8, 4) is 0 Å².